The van der Waals surface area contributed by atoms with Gasteiger partial charge in [0.05, 0.1) is 12.4 Å². The van der Waals surface area contributed by atoms with E-state index in [0.717, 1.165) is 19.4 Å². The van der Waals surface area contributed by atoms with Gasteiger partial charge in [0.2, 0.25) is 0 Å². The first-order chi connectivity index (χ1) is 5.91. The van der Waals surface area contributed by atoms with Crippen LogP contribution in [0.5, 0.6) is 0 Å². The molecule has 1 aliphatic heterocycles. The molecule has 0 bridgehead atoms. The Labute approximate surface area is 79.4 Å². The number of hydrogen-bond acceptors (Lipinski definition) is 4. The van der Waals surface area contributed by atoms with Crippen LogP contribution in [0.15, 0.2) is 0 Å². The van der Waals surface area contributed by atoms with Crippen molar-refractivity contribution in [3.63, 3.8) is 0 Å². The van der Waals surface area contributed by atoms with E-state index >= 15 is 0 Å². The molecule has 1 rings (SSSR count). The Bertz CT molecular complexity index is 255. The molecule has 4 nitrogen and oxygen atoms in total. The molecule has 1 aliphatic rings. The van der Waals surface area contributed by atoms with E-state index in [-0.39, 0.29) is 5.75 Å². The molecule has 1 unspecified atom stereocenters. The largest absolute Gasteiger partial charge is 0.380 e. The molecule has 13 heavy (non-hydrogen) atoms. The topological polar surface area (TPSA) is 69.4 Å². The van der Waals surface area contributed by atoms with Crippen molar-refractivity contribution in [1.29, 1.82) is 0 Å². The highest BCUT2D eigenvalue weighted by atomic mass is 32.2. The number of ether oxygens (including phenoxy) is 1. The van der Waals surface area contributed by atoms with Crippen molar-refractivity contribution >= 4 is 9.84 Å². The van der Waals surface area contributed by atoms with Crippen molar-refractivity contribution in [3.05, 3.63) is 0 Å². The van der Waals surface area contributed by atoms with Crippen LogP contribution < -0.4 is 5.73 Å². The molecule has 1 atom stereocenters. The molecule has 0 aliphatic carbocycles. The fourth-order valence-corrected chi connectivity index (χ4v) is 2.24. The highest BCUT2D eigenvalue weighted by molar-refractivity contribution is 7.90. The predicted molar refractivity (Wildman–Crippen MR) is 51.3 cm³/mol. The molecule has 2 N–H and O–H groups in total. The quantitative estimate of drug-likeness (QED) is 0.703. The number of nitrogens with two attached hydrogens (primary N) is 1. The van der Waals surface area contributed by atoms with Crippen LogP contribution in [0.1, 0.15) is 19.3 Å². The summed E-state index contributed by atoms with van der Waals surface area (Å²) in [6.07, 6.45) is 3.54. The van der Waals surface area contributed by atoms with Crippen molar-refractivity contribution < 1.29 is 13.2 Å². The van der Waals surface area contributed by atoms with Crippen LogP contribution in [0.4, 0.5) is 0 Å². The summed E-state index contributed by atoms with van der Waals surface area (Å²) >= 11 is 0. The molecular weight excluding hydrogens is 190 g/mol. The van der Waals surface area contributed by atoms with Crippen LogP contribution >= 0.6 is 0 Å². The van der Waals surface area contributed by atoms with E-state index in [1.807, 2.05) is 0 Å². The Kier molecular flexibility index (Phi) is 3.32. The van der Waals surface area contributed by atoms with E-state index in [9.17, 15) is 8.42 Å². The lowest BCUT2D eigenvalue weighted by Gasteiger charge is -2.32. The number of rotatable bonds is 3. The zero-order valence-corrected chi connectivity index (χ0v) is 8.77. The number of sulfone groups is 1. The Balaban J connectivity index is 2.42. The molecule has 78 valence electrons. The fourth-order valence-electron chi connectivity index (χ4n) is 1.46. The molecule has 0 aromatic carbocycles. The third kappa shape index (κ3) is 4.06. The van der Waals surface area contributed by atoms with Gasteiger partial charge in [-0.3, -0.25) is 0 Å². The summed E-state index contributed by atoms with van der Waals surface area (Å²) in [7, 11) is -2.90. The lowest BCUT2D eigenvalue weighted by Crippen LogP contribution is -2.48. The average Bonchev–Trinajstić information content (AvgIpc) is 2.02. The second kappa shape index (κ2) is 3.94. The summed E-state index contributed by atoms with van der Waals surface area (Å²) in [5.74, 6) is 0.160. The summed E-state index contributed by atoms with van der Waals surface area (Å²) in [5.41, 5.74) is 5.56. The van der Waals surface area contributed by atoms with Gasteiger partial charge in [-0.15, -0.1) is 0 Å². The van der Waals surface area contributed by atoms with Gasteiger partial charge < -0.3 is 10.5 Å². The maximum atomic E-state index is 10.9. The molecule has 0 aromatic heterocycles. The molecule has 0 aromatic rings. The van der Waals surface area contributed by atoms with Gasteiger partial charge in [-0.25, -0.2) is 8.42 Å². The van der Waals surface area contributed by atoms with Gasteiger partial charge in [-0.1, -0.05) is 0 Å². The van der Waals surface area contributed by atoms with Crippen molar-refractivity contribution in [1.82, 2.24) is 0 Å². The van der Waals surface area contributed by atoms with Gasteiger partial charge in [-0.2, -0.15) is 0 Å². The van der Waals surface area contributed by atoms with Crippen molar-refractivity contribution in [2.24, 2.45) is 5.73 Å². The van der Waals surface area contributed by atoms with Gasteiger partial charge in [0.15, 0.2) is 0 Å². The third-order valence-corrected chi connectivity index (χ3v) is 3.27. The SMILES string of the molecule is CS(=O)(=O)CCC1(N)CCCOC1. The van der Waals surface area contributed by atoms with Gasteiger partial charge in [-0.05, 0) is 19.3 Å². The molecule has 1 heterocycles. The summed E-state index contributed by atoms with van der Waals surface area (Å²) in [6, 6.07) is 0. The zero-order valence-electron chi connectivity index (χ0n) is 7.95. The smallest absolute Gasteiger partial charge is 0.147 e. The molecular formula is C8H17NO3S. The van der Waals surface area contributed by atoms with E-state index in [1.54, 1.807) is 0 Å². The minimum absolute atomic E-state index is 0.160. The molecule has 0 saturated carbocycles. The van der Waals surface area contributed by atoms with Gasteiger partial charge in [0.25, 0.3) is 0 Å². The Morgan fingerprint density at radius 2 is 2.23 bits per heavy atom. The second-order valence-electron chi connectivity index (χ2n) is 3.90. The summed E-state index contributed by atoms with van der Waals surface area (Å²) in [4.78, 5) is 0. The first-order valence-corrected chi connectivity index (χ1v) is 6.52. The van der Waals surface area contributed by atoms with Crippen LogP contribution in [0, 0.1) is 0 Å². The average molecular weight is 207 g/mol. The van der Waals surface area contributed by atoms with Gasteiger partial charge in [0, 0.05) is 18.4 Å². The maximum absolute atomic E-state index is 10.9. The van der Waals surface area contributed by atoms with E-state index in [2.05, 4.69) is 0 Å². The van der Waals surface area contributed by atoms with Crippen LogP contribution in [-0.2, 0) is 14.6 Å². The van der Waals surface area contributed by atoms with Crippen LogP contribution in [-0.4, -0.2) is 39.2 Å². The van der Waals surface area contributed by atoms with E-state index in [0.29, 0.717) is 13.0 Å². The maximum Gasteiger partial charge on any atom is 0.147 e. The normalized spacial score (nSPS) is 30.3. The van der Waals surface area contributed by atoms with Crippen LogP contribution in [0.2, 0.25) is 0 Å². The van der Waals surface area contributed by atoms with Crippen molar-refractivity contribution in [2.75, 3.05) is 25.2 Å². The predicted octanol–water partition coefficient (Wildman–Crippen LogP) is -0.0710. The summed E-state index contributed by atoms with van der Waals surface area (Å²) < 4.78 is 27.1. The lowest BCUT2D eigenvalue weighted by molar-refractivity contribution is 0.0369. The molecule has 0 amide bonds. The zero-order chi connectivity index (χ0) is 9.95. The van der Waals surface area contributed by atoms with Crippen LogP contribution in [0.25, 0.3) is 0 Å². The first kappa shape index (κ1) is 10.9. The Morgan fingerprint density at radius 3 is 2.69 bits per heavy atom. The second-order valence-corrected chi connectivity index (χ2v) is 6.16. The van der Waals surface area contributed by atoms with Crippen molar-refractivity contribution in [3.8, 4) is 0 Å². The van der Waals surface area contributed by atoms with Gasteiger partial charge >= 0.3 is 0 Å². The molecule has 0 radical (unpaired) electrons. The first-order valence-electron chi connectivity index (χ1n) is 4.46. The summed E-state index contributed by atoms with van der Waals surface area (Å²) in [5, 5.41) is 0. The lowest BCUT2D eigenvalue weighted by atomic mass is 9.91. The molecule has 1 saturated heterocycles. The fraction of sp³-hybridized carbons (Fsp3) is 1.00. The Hall–Kier alpha value is -0.130. The van der Waals surface area contributed by atoms with Gasteiger partial charge in [0.1, 0.15) is 9.84 Å². The number of hydrogen-bond donors (Lipinski definition) is 1. The molecule has 1 fully saturated rings. The molecule has 5 heteroatoms. The van der Waals surface area contributed by atoms with E-state index in [1.165, 1.54) is 6.26 Å². The minimum atomic E-state index is -2.90. The minimum Gasteiger partial charge on any atom is -0.380 e. The monoisotopic (exact) mass is 207 g/mol. The third-order valence-electron chi connectivity index (χ3n) is 2.32. The van der Waals surface area contributed by atoms with E-state index < -0.39 is 15.4 Å². The highest BCUT2D eigenvalue weighted by Gasteiger charge is 2.28. The molecule has 0 spiro atoms. The van der Waals surface area contributed by atoms with E-state index in [4.69, 9.17) is 10.5 Å². The Morgan fingerprint density at radius 1 is 1.54 bits per heavy atom. The highest BCUT2D eigenvalue weighted by Crippen LogP contribution is 2.20. The van der Waals surface area contributed by atoms with Crippen LogP contribution in [0.3, 0.4) is 0 Å². The standard InChI is InChI=1S/C8H17NO3S/c1-13(10,11)6-4-8(9)3-2-5-12-7-8/h2-7,9H2,1H3. The van der Waals surface area contributed by atoms with Crippen molar-refractivity contribution in [2.45, 2.75) is 24.8 Å². The summed E-state index contributed by atoms with van der Waals surface area (Å²) in [6.45, 7) is 1.24.